The van der Waals surface area contributed by atoms with Crippen molar-refractivity contribution in [1.82, 2.24) is 4.98 Å². The first-order valence-electron chi connectivity index (χ1n) is 5.20. The minimum atomic E-state index is 0.330. The minimum Gasteiger partial charge on any atom is -0.299 e. The number of hydrogen-bond donors (Lipinski definition) is 0. The van der Waals surface area contributed by atoms with Gasteiger partial charge in [0.15, 0.2) is 0 Å². The molecule has 0 saturated heterocycles. The van der Waals surface area contributed by atoms with Crippen molar-refractivity contribution in [2.24, 2.45) is 5.92 Å². The molecule has 0 radical (unpaired) electrons. The molecular formula is C12H15NO. The maximum absolute atomic E-state index is 11.7. The van der Waals surface area contributed by atoms with Crippen molar-refractivity contribution in [3.05, 3.63) is 29.6 Å². The lowest BCUT2D eigenvalue weighted by Crippen LogP contribution is -2.24. The summed E-state index contributed by atoms with van der Waals surface area (Å²) in [7, 11) is 0. The lowest BCUT2D eigenvalue weighted by atomic mass is 9.80. The van der Waals surface area contributed by atoms with Gasteiger partial charge in [-0.15, -0.1) is 0 Å². The zero-order valence-corrected chi connectivity index (χ0v) is 8.49. The molecule has 74 valence electrons. The molecule has 0 aliphatic heterocycles. The number of carbonyl (C=O) groups is 1. The topological polar surface area (TPSA) is 30.0 Å². The summed E-state index contributed by atoms with van der Waals surface area (Å²) in [6.45, 7) is 2.01. The van der Waals surface area contributed by atoms with E-state index in [4.69, 9.17) is 0 Å². The summed E-state index contributed by atoms with van der Waals surface area (Å²) in [6.07, 6.45) is 5.68. The Hall–Kier alpha value is -1.18. The highest BCUT2D eigenvalue weighted by Gasteiger charge is 2.25. The standard InChI is InChI=1S/C12H15NO/c1-9-4-3-7-13-11(9)8-12(14)10-5-2-6-10/h3-4,7,10H,2,5-6,8H2,1H3. The van der Waals surface area contributed by atoms with Crippen LogP contribution in [0.25, 0.3) is 0 Å². The van der Waals surface area contributed by atoms with Gasteiger partial charge in [-0.05, 0) is 31.4 Å². The Morgan fingerprint density at radius 1 is 1.57 bits per heavy atom. The van der Waals surface area contributed by atoms with E-state index in [0.29, 0.717) is 18.1 Å². The highest BCUT2D eigenvalue weighted by molar-refractivity contribution is 5.83. The molecule has 1 fully saturated rings. The summed E-state index contributed by atoms with van der Waals surface area (Å²) in [5.74, 6) is 0.703. The lowest BCUT2D eigenvalue weighted by molar-refractivity contribution is -0.124. The Bertz CT molecular complexity index is 342. The fraction of sp³-hybridized carbons (Fsp3) is 0.500. The van der Waals surface area contributed by atoms with Gasteiger partial charge < -0.3 is 0 Å². The van der Waals surface area contributed by atoms with E-state index in [-0.39, 0.29) is 0 Å². The van der Waals surface area contributed by atoms with Gasteiger partial charge in [-0.2, -0.15) is 0 Å². The van der Waals surface area contributed by atoms with E-state index >= 15 is 0 Å². The maximum atomic E-state index is 11.7. The Morgan fingerprint density at radius 3 is 2.93 bits per heavy atom. The zero-order valence-electron chi connectivity index (χ0n) is 8.49. The van der Waals surface area contributed by atoms with Crippen molar-refractivity contribution in [3.8, 4) is 0 Å². The minimum absolute atomic E-state index is 0.330. The summed E-state index contributed by atoms with van der Waals surface area (Å²) in [5.41, 5.74) is 2.07. The molecule has 1 aliphatic rings. The number of aromatic nitrogens is 1. The van der Waals surface area contributed by atoms with Crippen LogP contribution in [0.5, 0.6) is 0 Å². The number of Topliss-reactive ketones (excluding diaryl/α,β-unsaturated/α-hetero) is 1. The van der Waals surface area contributed by atoms with E-state index in [1.54, 1.807) is 6.20 Å². The molecule has 2 heteroatoms. The largest absolute Gasteiger partial charge is 0.299 e. The van der Waals surface area contributed by atoms with Crippen molar-refractivity contribution in [3.63, 3.8) is 0 Å². The van der Waals surface area contributed by atoms with Gasteiger partial charge in [-0.3, -0.25) is 9.78 Å². The van der Waals surface area contributed by atoms with E-state index in [9.17, 15) is 4.79 Å². The van der Waals surface area contributed by atoms with Gasteiger partial charge in [-0.1, -0.05) is 12.5 Å². The first-order valence-corrected chi connectivity index (χ1v) is 5.20. The van der Waals surface area contributed by atoms with Gasteiger partial charge in [0.2, 0.25) is 0 Å². The predicted molar refractivity (Wildman–Crippen MR) is 55.0 cm³/mol. The molecule has 0 unspecified atom stereocenters. The Kier molecular flexibility index (Phi) is 2.62. The monoisotopic (exact) mass is 189 g/mol. The van der Waals surface area contributed by atoms with Crippen LogP contribution in [-0.4, -0.2) is 10.8 Å². The molecule has 1 saturated carbocycles. The fourth-order valence-corrected chi connectivity index (χ4v) is 1.74. The van der Waals surface area contributed by atoms with Gasteiger partial charge >= 0.3 is 0 Å². The third-order valence-electron chi connectivity index (χ3n) is 3.02. The van der Waals surface area contributed by atoms with E-state index in [2.05, 4.69) is 4.98 Å². The predicted octanol–water partition coefficient (Wildman–Crippen LogP) is 2.30. The van der Waals surface area contributed by atoms with Gasteiger partial charge in [0.05, 0.1) is 5.69 Å². The van der Waals surface area contributed by atoms with Gasteiger partial charge in [0, 0.05) is 18.5 Å². The Labute approximate surface area is 84.4 Å². The van der Waals surface area contributed by atoms with Gasteiger partial charge in [0.1, 0.15) is 5.78 Å². The molecule has 0 aromatic carbocycles. The van der Waals surface area contributed by atoms with Crippen LogP contribution in [0, 0.1) is 12.8 Å². The summed E-state index contributed by atoms with van der Waals surface area (Å²) in [4.78, 5) is 15.9. The molecular weight excluding hydrogens is 174 g/mol. The number of nitrogens with zero attached hydrogens (tertiary/aromatic N) is 1. The molecule has 0 atom stereocenters. The van der Waals surface area contributed by atoms with E-state index in [1.165, 1.54) is 6.42 Å². The molecule has 0 bridgehead atoms. The second-order valence-electron chi connectivity index (χ2n) is 4.04. The van der Waals surface area contributed by atoms with Crippen LogP contribution >= 0.6 is 0 Å². The highest BCUT2D eigenvalue weighted by atomic mass is 16.1. The molecule has 0 spiro atoms. The normalized spacial score (nSPS) is 16.4. The second-order valence-corrected chi connectivity index (χ2v) is 4.04. The number of hydrogen-bond acceptors (Lipinski definition) is 2. The summed E-state index contributed by atoms with van der Waals surface area (Å²) >= 11 is 0. The third kappa shape index (κ3) is 1.84. The van der Waals surface area contributed by atoms with E-state index in [1.807, 2.05) is 19.1 Å². The van der Waals surface area contributed by atoms with Crippen LogP contribution in [0.4, 0.5) is 0 Å². The first kappa shape index (κ1) is 9.38. The Balaban J connectivity index is 2.03. The van der Waals surface area contributed by atoms with Crippen molar-refractivity contribution >= 4 is 5.78 Å². The Morgan fingerprint density at radius 2 is 2.36 bits per heavy atom. The molecule has 14 heavy (non-hydrogen) atoms. The van der Waals surface area contributed by atoms with E-state index in [0.717, 1.165) is 24.1 Å². The molecule has 1 heterocycles. The quantitative estimate of drug-likeness (QED) is 0.730. The second kappa shape index (κ2) is 3.91. The first-order chi connectivity index (χ1) is 6.77. The van der Waals surface area contributed by atoms with Gasteiger partial charge in [0.25, 0.3) is 0 Å². The van der Waals surface area contributed by atoms with Crippen molar-refractivity contribution in [2.75, 3.05) is 0 Å². The van der Waals surface area contributed by atoms with Crippen molar-refractivity contribution in [1.29, 1.82) is 0 Å². The third-order valence-corrected chi connectivity index (χ3v) is 3.02. The van der Waals surface area contributed by atoms with Crippen LogP contribution in [0.15, 0.2) is 18.3 Å². The fourth-order valence-electron chi connectivity index (χ4n) is 1.74. The molecule has 0 N–H and O–H groups in total. The van der Waals surface area contributed by atoms with Crippen LogP contribution in [0.1, 0.15) is 30.5 Å². The average molecular weight is 189 g/mol. The molecule has 1 aromatic rings. The number of pyridine rings is 1. The molecule has 1 aliphatic carbocycles. The summed E-state index contributed by atoms with van der Waals surface area (Å²) < 4.78 is 0. The smallest absolute Gasteiger partial charge is 0.141 e. The molecule has 1 aromatic heterocycles. The van der Waals surface area contributed by atoms with Gasteiger partial charge in [-0.25, -0.2) is 0 Å². The van der Waals surface area contributed by atoms with Crippen LogP contribution in [0.2, 0.25) is 0 Å². The average Bonchev–Trinajstić information content (AvgIpc) is 2.05. The van der Waals surface area contributed by atoms with Crippen molar-refractivity contribution < 1.29 is 4.79 Å². The summed E-state index contributed by atoms with van der Waals surface area (Å²) in [6, 6.07) is 3.92. The SMILES string of the molecule is Cc1cccnc1CC(=O)C1CCC1. The number of aryl methyl sites for hydroxylation is 1. The molecule has 2 nitrogen and oxygen atoms in total. The summed E-state index contributed by atoms with van der Waals surface area (Å²) in [5, 5.41) is 0. The highest BCUT2D eigenvalue weighted by Crippen LogP contribution is 2.28. The van der Waals surface area contributed by atoms with Crippen LogP contribution < -0.4 is 0 Å². The number of carbonyl (C=O) groups excluding carboxylic acids is 1. The number of rotatable bonds is 3. The molecule has 2 rings (SSSR count). The lowest BCUT2D eigenvalue weighted by Gasteiger charge is -2.23. The van der Waals surface area contributed by atoms with E-state index < -0.39 is 0 Å². The molecule has 0 amide bonds. The van der Waals surface area contributed by atoms with Crippen LogP contribution in [-0.2, 0) is 11.2 Å². The zero-order chi connectivity index (χ0) is 9.97. The number of ketones is 1. The van der Waals surface area contributed by atoms with Crippen LogP contribution in [0.3, 0.4) is 0 Å². The maximum Gasteiger partial charge on any atom is 0.141 e. The van der Waals surface area contributed by atoms with Crippen molar-refractivity contribution in [2.45, 2.75) is 32.6 Å².